The first-order chi connectivity index (χ1) is 10.5. The number of likely N-dealkylation sites (tertiary alicyclic amines) is 1. The molecule has 1 aliphatic rings. The maximum Gasteiger partial charge on any atom is 0.233 e. The van der Waals surface area contributed by atoms with Crippen LogP contribution in [0.1, 0.15) is 38.3 Å². The third-order valence-electron chi connectivity index (χ3n) is 3.74. The molecule has 1 aromatic carbocycles. The van der Waals surface area contributed by atoms with Crippen molar-refractivity contribution in [2.45, 2.75) is 38.0 Å². The average Bonchev–Trinajstić information content (AvgIpc) is 3.02. The molecule has 1 fully saturated rings. The van der Waals surface area contributed by atoms with E-state index in [0.29, 0.717) is 0 Å². The molecule has 0 radical (unpaired) electrons. The Morgan fingerprint density at radius 1 is 1.27 bits per heavy atom. The number of nitrogens with zero attached hydrogens (tertiary/aromatic N) is 1. The molecule has 0 bridgehead atoms. The molecule has 1 heterocycles. The Bertz CT molecular complexity index is 529. The Labute approximate surface area is 140 Å². The molecule has 1 aromatic rings. The van der Waals surface area contributed by atoms with Gasteiger partial charge in [0.2, 0.25) is 5.91 Å². The molecule has 1 N–H and O–H groups in total. The van der Waals surface area contributed by atoms with Gasteiger partial charge < -0.3 is 10.2 Å². The lowest BCUT2D eigenvalue weighted by atomic mass is 10.1. The third kappa shape index (κ3) is 4.68. The van der Waals surface area contributed by atoms with Gasteiger partial charge in [0, 0.05) is 13.1 Å². The van der Waals surface area contributed by atoms with Crippen molar-refractivity contribution < 1.29 is 9.18 Å². The minimum Gasteiger partial charge on any atom is -0.358 e. The summed E-state index contributed by atoms with van der Waals surface area (Å²) in [4.78, 5) is 14.4. The zero-order valence-electron chi connectivity index (χ0n) is 12.8. The van der Waals surface area contributed by atoms with E-state index in [1.807, 2.05) is 13.8 Å². The lowest BCUT2D eigenvalue weighted by molar-refractivity contribution is -0.120. The molecule has 120 valence electrons. The van der Waals surface area contributed by atoms with Gasteiger partial charge in [-0.15, -0.1) is 0 Å². The van der Waals surface area contributed by atoms with Gasteiger partial charge in [-0.05, 0) is 44.4 Å². The highest BCUT2D eigenvalue weighted by Gasteiger charge is 2.22. The predicted octanol–water partition coefficient (Wildman–Crippen LogP) is 3.51. The highest BCUT2D eigenvalue weighted by Crippen LogP contribution is 2.21. The van der Waals surface area contributed by atoms with E-state index in [4.69, 9.17) is 12.2 Å². The number of halogens is 1. The lowest BCUT2D eigenvalue weighted by Crippen LogP contribution is -2.35. The summed E-state index contributed by atoms with van der Waals surface area (Å²) in [5.41, 5.74) is 0.883. The van der Waals surface area contributed by atoms with Crippen LogP contribution < -0.4 is 5.32 Å². The fourth-order valence-electron chi connectivity index (χ4n) is 2.34. The van der Waals surface area contributed by atoms with Gasteiger partial charge in [-0.1, -0.05) is 36.1 Å². The van der Waals surface area contributed by atoms with E-state index >= 15 is 0 Å². The van der Waals surface area contributed by atoms with Crippen molar-refractivity contribution in [1.82, 2.24) is 10.2 Å². The fourth-order valence-corrected chi connectivity index (χ4v) is 3.77. The van der Waals surface area contributed by atoms with Gasteiger partial charge in [0.1, 0.15) is 10.1 Å². The Kier molecular flexibility index (Phi) is 6.20. The topological polar surface area (TPSA) is 32.3 Å². The molecule has 0 unspecified atom stereocenters. The summed E-state index contributed by atoms with van der Waals surface area (Å²) in [5.74, 6) is -0.328. The highest BCUT2D eigenvalue weighted by atomic mass is 32.2. The number of amides is 1. The normalized spacial score (nSPS) is 17.1. The van der Waals surface area contributed by atoms with E-state index in [-0.39, 0.29) is 23.0 Å². The summed E-state index contributed by atoms with van der Waals surface area (Å²) in [5, 5.41) is 2.71. The largest absolute Gasteiger partial charge is 0.358 e. The molecule has 0 saturated carbocycles. The molecule has 6 heteroatoms. The molecule has 22 heavy (non-hydrogen) atoms. The zero-order chi connectivity index (χ0) is 16.1. The van der Waals surface area contributed by atoms with Crippen molar-refractivity contribution in [3.05, 3.63) is 35.6 Å². The average molecular weight is 340 g/mol. The summed E-state index contributed by atoms with van der Waals surface area (Å²) >= 11 is 6.83. The number of rotatable bonds is 4. The highest BCUT2D eigenvalue weighted by molar-refractivity contribution is 8.23. The second-order valence-electron chi connectivity index (χ2n) is 5.50. The van der Waals surface area contributed by atoms with Gasteiger partial charge >= 0.3 is 0 Å². The molecule has 0 aromatic heterocycles. The maximum atomic E-state index is 12.9. The van der Waals surface area contributed by atoms with Crippen molar-refractivity contribution in [2.75, 3.05) is 13.1 Å². The van der Waals surface area contributed by atoms with Gasteiger partial charge in [-0.2, -0.15) is 0 Å². The van der Waals surface area contributed by atoms with E-state index in [9.17, 15) is 9.18 Å². The number of carbonyl (C=O) groups excluding carboxylic acids is 1. The third-order valence-corrected chi connectivity index (χ3v) is 5.31. The van der Waals surface area contributed by atoms with Crippen LogP contribution in [0.5, 0.6) is 0 Å². The standard InChI is InChI=1S/C16H21FN2OS2/c1-11(13-5-7-14(17)8-6-13)18-15(20)12(2)22-16(21)19-9-3-4-10-19/h5-8,11-12H,3-4,9-10H2,1-2H3,(H,18,20)/t11-,12-/m1/s1. The Hall–Kier alpha value is -1.14. The van der Waals surface area contributed by atoms with Crippen LogP contribution in [0, 0.1) is 5.82 Å². The number of hydrogen-bond acceptors (Lipinski definition) is 3. The van der Waals surface area contributed by atoms with Crippen molar-refractivity contribution in [1.29, 1.82) is 0 Å². The monoisotopic (exact) mass is 340 g/mol. The molecule has 1 amide bonds. The molecule has 1 aliphatic heterocycles. The van der Waals surface area contributed by atoms with Crippen LogP contribution >= 0.6 is 24.0 Å². The summed E-state index contributed by atoms with van der Waals surface area (Å²) in [6, 6.07) is 6.02. The zero-order valence-corrected chi connectivity index (χ0v) is 14.5. The first-order valence-electron chi connectivity index (χ1n) is 7.49. The first kappa shape index (κ1) is 17.2. The molecule has 1 saturated heterocycles. The smallest absolute Gasteiger partial charge is 0.233 e. The Morgan fingerprint density at radius 2 is 1.86 bits per heavy atom. The van der Waals surface area contributed by atoms with Crippen LogP contribution in [0.25, 0.3) is 0 Å². The van der Waals surface area contributed by atoms with E-state index in [2.05, 4.69) is 10.2 Å². The molecule has 0 spiro atoms. The number of thiocarbonyl (C=S) groups is 1. The summed E-state index contributed by atoms with van der Waals surface area (Å²) in [6.45, 7) is 5.74. The van der Waals surface area contributed by atoms with Crippen LogP contribution in [0.2, 0.25) is 0 Å². The maximum absolute atomic E-state index is 12.9. The van der Waals surface area contributed by atoms with Crippen LogP contribution in [-0.2, 0) is 4.79 Å². The fraction of sp³-hybridized carbons (Fsp3) is 0.500. The Balaban J connectivity index is 1.85. The molecular weight excluding hydrogens is 319 g/mol. The number of benzene rings is 1. The molecular formula is C16H21FN2OS2. The molecule has 2 rings (SSSR count). The van der Waals surface area contributed by atoms with E-state index in [1.165, 1.54) is 36.7 Å². The predicted molar refractivity (Wildman–Crippen MR) is 93.4 cm³/mol. The molecule has 3 nitrogen and oxygen atoms in total. The van der Waals surface area contributed by atoms with Gasteiger partial charge in [0.25, 0.3) is 0 Å². The van der Waals surface area contributed by atoms with E-state index < -0.39 is 0 Å². The van der Waals surface area contributed by atoms with E-state index in [1.54, 1.807) is 12.1 Å². The quantitative estimate of drug-likeness (QED) is 0.850. The van der Waals surface area contributed by atoms with Crippen molar-refractivity contribution in [3.63, 3.8) is 0 Å². The van der Waals surface area contributed by atoms with Crippen molar-refractivity contribution in [3.8, 4) is 0 Å². The molecule has 2 atom stereocenters. The van der Waals surface area contributed by atoms with Crippen LogP contribution in [-0.4, -0.2) is 33.5 Å². The second-order valence-corrected chi connectivity index (χ2v) is 7.48. The SMILES string of the molecule is C[C@@H](SC(=S)N1CCCC1)C(=O)N[C@H](C)c1ccc(F)cc1. The second kappa shape index (κ2) is 7.92. The van der Waals surface area contributed by atoms with Crippen molar-refractivity contribution >= 4 is 34.2 Å². The minimum atomic E-state index is -0.276. The summed E-state index contributed by atoms with van der Waals surface area (Å²) in [6.07, 6.45) is 2.34. The number of hydrogen-bond donors (Lipinski definition) is 1. The summed E-state index contributed by atoms with van der Waals surface area (Å²) in [7, 11) is 0. The number of thioether (sulfide) groups is 1. The first-order valence-corrected chi connectivity index (χ1v) is 8.77. The minimum absolute atomic E-state index is 0.0524. The van der Waals surface area contributed by atoms with Gasteiger partial charge in [0.15, 0.2) is 0 Å². The number of carbonyl (C=O) groups is 1. The molecule has 0 aliphatic carbocycles. The number of nitrogens with one attached hydrogen (secondary N) is 1. The van der Waals surface area contributed by atoms with Crippen LogP contribution in [0.15, 0.2) is 24.3 Å². The van der Waals surface area contributed by atoms with Crippen LogP contribution in [0.3, 0.4) is 0 Å². The van der Waals surface area contributed by atoms with Crippen LogP contribution in [0.4, 0.5) is 4.39 Å². The van der Waals surface area contributed by atoms with Gasteiger partial charge in [-0.3, -0.25) is 4.79 Å². The summed E-state index contributed by atoms with van der Waals surface area (Å²) < 4.78 is 13.7. The van der Waals surface area contributed by atoms with Gasteiger partial charge in [-0.25, -0.2) is 4.39 Å². The van der Waals surface area contributed by atoms with Crippen molar-refractivity contribution in [2.24, 2.45) is 0 Å². The Morgan fingerprint density at radius 3 is 2.45 bits per heavy atom. The van der Waals surface area contributed by atoms with Gasteiger partial charge in [0.05, 0.1) is 11.3 Å². The lowest BCUT2D eigenvalue weighted by Gasteiger charge is -2.22. The van der Waals surface area contributed by atoms with E-state index in [0.717, 1.165) is 23.0 Å².